The van der Waals surface area contributed by atoms with Crippen molar-refractivity contribution in [1.29, 1.82) is 0 Å². The molecule has 5 nitrogen and oxygen atoms in total. The maximum Gasteiger partial charge on any atom is 0.339 e. The zero-order valence-electron chi connectivity index (χ0n) is 16.4. The van der Waals surface area contributed by atoms with E-state index < -0.39 is 12.1 Å². The first-order valence-corrected chi connectivity index (χ1v) is 9.87. The molecule has 2 aromatic rings. The Kier molecular flexibility index (Phi) is 6.09. The molecule has 3 rings (SSSR count). The number of pyridine rings is 1. The first-order valence-electron chi connectivity index (χ1n) is 9.87. The van der Waals surface area contributed by atoms with Crippen LogP contribution in [0.5, 0.6) is 0 Å². The lowest BCUT2D eigenvalue weighted by Crippen LogP contribution is -2.40. The van der Waals surface area contributed by atoms with Gasteiger partial charge in [0.1, 0.15) is 0 Å². The molecule has 0 radical (unpaired) electrons. The quantitative estimate of drug-likeness (QED) is 0.755. The fourth-order valence-corrected chi connectivity index (χ4v) is 3.48. The summed E-state index contributed by atoms with van der Waals surface area (Å²) in [5.74, 6) is -0.379. The Labute approximate surface area is 160 Å². The van der Waals surface area contributed by atoms with Crippen molar-refractivity contribution in [3.63, 3.8) is 0 Å². The molecule has 5 heteroatoms. The van der Waals surface area contributed by atoms with Gasteiger partial charge in [0.05, 0.1) is 11.1 Å². The first-order chi connectivity index (χ1) is 13.0. The zero-order valence-corrected chi connectivity index (χ0v) is 16.4. The van der Waals surface area contributed by atoms with Gasteiger partial charge in [-0.25, -0.2) is 4.79 Å². The highest BCUT2D eigenvalue weighted by Gasteiger charge is 2.26. The van der Waals surface area contributed by atoms with E-state index in [1.807, 2.05) is 43.0 Å². The fourth-order valence-electron chi connectivity index (χ4n) is 3.48. The molecule has 1 fully saturated rings. The Hall–Kier alpha value is -2.43. The van der Waals surface area contributed by atoms with Crippen molar-refractivity contribution >= 4 is 22.8 Å². The molecule has 1 saturated heterocycles. The number of nitrogens with zero attached hydrogens (tertiary/aromatic N) is 2. The van der Waals surface area contributed by atoms with Crippen LogP contribution in [0, 0.1) is 0 Å². The predicted molar refractivity (Wildman–Crippen MR) is 106 cm³/mol. The van der Waals surface area contributed by atoms with E-state index in [0.717, 1.165) is 55.4 Å². The van der Waals surface area contributed by atoms with Crippen LogP contribution < -0.4 is 0 Å². The number of hydrogen-bond donors (Lipinski definition) is 0. The topological polar surface area (TPSA) is 59.5 Å². The number of esters is 1. The number of carbonyl (C=O) groups excluding carboxylic acids is 2. The molecular formula is C22H28N2O3. The van der Waals surface area contributed by atoms with Crippen molar-refractivity contribution in [3.8, 4) is 0 Å². The monoisotopic (exact) mass is 368 g/mol. The molecule has 1 amide bonds. The number of likely N-dealkylation sites (tertiary alicyclic amines) is 1. The van der Waals surface area contributed by atoms with Crippen LogP contribution in [0.4, 0.5) is 0 Å². The van der Waals surface area contributed by atoms with E-state index in [9.17, 15) is 9.59 Å². The van der Waals surface area contributed by atoms with E-state index in [0.29, 0.717) is 5.56 Å². The molecule has 1 aromatic heterocycles. The van der Waals surface area contributed by atoms with Gasteiger partial charge in [-0.1, -0.05) is 44.9 Å². The van der Waals surface area contributed by atoms with Gasteiger partial charge < -0.3 is 9.64 Å². The Morgan fingerprint density at radius 2 is 1.70 bits per heavy atom. The largest absolute Gasteiger partial charge is 0.449 e. The lowest BCUT2D eigenvalue weighted by atomic mass is 10.0. The Morgan fingerprint density at radius 3 is 2.37 bits per heavy atom. The highest BCUT2D eigenvalue weighted by atomic mass is 16.5. The Balaban J connectivity index is 1.81. The summed E-state index contributed by atoms with van der Waals surface area (Å²) in [4.78, 5) is 32.0. The normalized spacial score (nSPS) is 16.2. The number of amides is 1. The van der Waals surface area contributed by atoms with Crippen LogP contribution in [-0.2, 0) is 9.53 Å². The molecule has 0 spiro atoms. The second kappa shape index (κ2) is 8.51. The number of benzene rings is 1. The van der Waals surface area contributed by atoms with Crippen LogP contribution in [0.15, 0.2) is 30.3 Å². The van der Waals surface area contributed by atoms with E-state index in [1.165, 1.54) is 0 Å². The van der Waals surface area contributed by atoms with Gasteiger partial charge in [0, 0.05) is 24.2 Å². The van der Waals surface area contributed by atoms with Crippen LogP contribution in [-0.4, -0.2) is 41.0 Å². The van der Waals surface area contributed by atoms with Crippen LogP contribution in [0.3, 0.4) is 0 Å². The molecule has 0 saturated carbocycles. The number of para-hydroxylation sites is 1. The number of rotatable bonds is 4. The van der Waals surface area contributed by atoms with Crippen LogP contribution in [0.1, 0.15) is 68.4 Å². The number of ether oxygens (including phenoxy) is 1. The lowest BCUT2D eigenvalue weighted by Gasteiger charge is -2.24. The first kappa shape index (κ1) is 19.3. The van der Waals surface area contributed by atoms with Crippen molar-refractivity contribution < 1.29 is 14.3 Å². The van der Waals surface area contributed by atoms with Gasteiger partial charge >= 0.3 is 5.97 Å². The molecule has 1 aromatic carbocycles. The third-order valence-corrected chi connectivity index (χ3v) is 5.10. The van der Waals surface area contributed by atoms with Crippen molar-refractivity contribution in [2.24, 2.45) is 0 Å². The van der Waals surface area contributed by atoms with Crippen LogP contribution in [0.2, 0.25) is 0 Å². The number of aromatic nitrogens is 1. The second-order valence-electron chi connectivity index (χ2n) is 7.55. The molecule has 0 aliphatic carbocycles. The van der Waals surface area contributed by atoms with Gasteiger partial charge in [0.25, 0.3) is 5.91 Å². The molecule has 1 unspecified atom stereocenters. The average molecular weight is 368 g/mol. The van der Waals surface area contributed by atoms with Gasteiger partial charge in [-0.15, -0.1) is 0 Å². The van der Waals surface area contributed by atoms with E-state index in [2.05, 4.69) is 4.98 Å². The minimum absolute atomic E-state index is 0.104. The molecule has 1 aliphatic heterocycles. The van der Waals surface area contributed by atoms with E-state index in [-0.39, 0.29) is 11.8 Å². The molecule has 144 valence electrons. The van der Waals surface area contributed by atoms with Crippen molar-refractivity contribution in [3.05, 3.63) is 41.6 Å². The fraction of sp³-hybridized carbons (Fsp3) is 0.500. The van der Waals surface area contributed by atoms with Crippen molar-refractivity contribution in [2.45, 2.75) is 58.5 Å². The van der Waals surface area contributed by atoms with Crippen molar-refractivity contribution in [1.82, 2.24) is 9.88 Å². The lowest BCUT2D eigenvalue weighted by molar-refractivity contribution is -0.139. The summed E-state index contributed by atoms with van der Waals surface area (Å²) in [6, 6.07) is 9.33. The van der Waals surface area contributed by atoms with Gasteiger partial charge in [0.15, 0.2) is 6.10 Å². The molecule has 0 N–H and O–H groups in total. The summed E-state index contributed by atoms with van der Waals surface area (Å²) in [5, 5.41) is 0.751. The summed E-state index contributed by atoms with van der Waals surface area (Å²) in [7, 11) is 0. The van der Waals surface area contributed by atoms with Crippen molar-refractivity contribution in [2.75, 3.05) is 13.1 Å². The third kappa shape index (κ3) is 4.46. The SMILES string of the molecule is CC(OC(=O)c1cc(C(C)C)nc2ccccc12)C(=O)N1CCCCCC1. The van der Waals surface area contributed by atoms with E-state index in [4.69, 9.17) is 4.74 Å². The average Bonchev–Trinajstić information content (AvgIpc) is 2.95. The third-order valence-electron chi connectivity index (χ3n) is 5.10. The Morgan fingerprint density at radius 1 is 1.04 bits per heavy atom. The van der Waals surface area contributed by atoms with E-state index in [1.54, 1.807) is 13.0 Å². The zero-order chi connectivity index (χ0) is 19.4. The van der Waals surface area contributed by atoms with Crippen LogP contribution >= 0.6 is 0 Å². The standard InChI is InChI=1S/C22H28N2O3/c1-15(2)20-14-18(17-10-6-7-11-19(17)23-20)22(26)27-16(3)21(25)24-12-8-4-5-9-13-24/h6-7,10-11,14-16H,4-5,8-9,12-13H2,1-3H3. The molecule has 1 atom stereocenters. The molecule has 0 bridgehead atoms. The summed E-state index contributed by atoms with van der Waals surface area (Å²) >= 11 is 0. The van der Waals surface area contributed by atoms with Gasteiger partial charge in [-0.3, -0.25) is 9.78 Å². The predicted octanol–water partition coefficient (Wildman–Crippen LogP) is 4.31. The minimum Gasteiger partial charge on any atom is -0.449 e. The Bertz CT molecular complexity index is 823. The summed E-state index contributed by atoms with van der Waals surface area (Å²) < 4.78 is 5.58. The van der Waals surface area contributed by atoms with Gasteiger partial charge in [-0.2, -0.15) is 0 Å². The van der Waals surface area contributed by atoms with Crippen LogP contribution in [0.25, 0.3) is 10.9 Å². The molecule has 2 heterocycles. The minimum atomic E-state index is -0.787. The highest BCUT2D eigenvalue weighted by molar-refractivity contribution is 6.04. The number of fused-ring (bicyclic) bond motifs is 1. The van der Waals surface area contributed by atoms with E-state index >= 15 is 0 Å². The highest BCUT2D eigenvalue weighted by Crippen LogP contribution is 2.23. The molecule has 27 heavy (non-hydrogen) atoms. The maximum absolute atomic E-state index is 12.9. The maximum atomic E-state index is 12.9. The smallest absolute Gasteiger partial charge is 0.339 e. The number of carbonyl (C=O) groups is 2. The molecular weight excluding hydrogens is 340 g/mol. The van der Waals surface area contributed by atoms with Gasteiger partial charge in [0.2, 0.25) is 0 Å². The van der Waals surface area contributed by atoms with Gasteiger partial charge in [-0.05, 0) is 37.8 Å². The summed E-state index contributed by atoms with van der Waals surface area (Å²) in [6.07, 6.45) is 3.54. The summed E-state index contributed by atoms with van der Waals surface area (Å²) in [6.45, 7) is 7.24. The summed E-state index contributed by atoms with van der Waals surface area (Å²) in [5.41, 5.74) is 2.08. The molecule has 1 aliphatic rings. The second-order valence-corrected chi connectivity index (χ2v) is 7.55. The number of hydrogen-bond acceptors (Lipinski definition) is 4.